The fourth-order valence-corrected chi connectivity index (χ4v) is 4.85. The molecule has 39 heavy (non-hydrogen) atoms. The summed E-state index contributed by atoms with van der Waals surface area (Å²) >= 11 is 0. The number of benzene rings is 2. The summed E-state index contributed by atoms with van der Waals surface area (Å²) in [6.07, 6.45) is 3.07. The van der Waals surface area contributed by atoms with Crippen molar-refractivity contribution in [3.63, 3.8) is 0 Å². The second-order valence-corrected chi connectivity index (χ2v) is 9.67. The number of carboxylic acids is 1. The number of rotatable bonds is 7. The highest BCUT2D eigenvalue weighted by Crippen LogP contribution is 2.38. The van der Waals surface area contributed by atoms with E-state index >= 15 is 4.39 Å². The second-order valence-electron chi connectivity index (χ2n) is 9.67. The number of nitrogens with zero attached hydrogens (tertiary/aromatic N) is 3. The highest BCUT2D eigenvalue weighted by molar-refractivity contribution is 5.96. The van der Waals surface area contributed by atoms with Gasteiger partial charge in [0.15, 0.2) is 0 Å². The minimum atomic E-state index is -1.34. The number of aromatic hydroxyl groups is 1. The Morgan fingerprint density at radius 1 is 1.08 bits per heavy atom. The van der Waals surface area contributed by atoms with Gasteiger partial charge >= 0.3 is 11.9 Å². The maximum atomic E-state index is 15.2. The van der Waals surface area contributed by atoms with Crippen molar-refractivity contribution in [2.45, 2.75) is 18.9 Å². The van der Waals surface area contributed by atoms with Gasteiger partial charge in [-0.25, -0.2) is 14.0 Å². The summed E-state index contributed by atoms with van der Waals surface area (Å²) in [7, 11) is 1.20. The van der Waals surface area contributed by atoms with E-state index in [0.29, 0.717) is 43.1 Å². The summed E-state index contributed by atoms with van der Waals surface area (Å²) in [5.74, 6) is -3.25. The Bertz CT molecular complexity index is 1540. The number of amides is 1. The Kier molecular flexibility index (Phi) is 6.96. The minimum Gasteiger partial charge on any atom is -0.507 e. The smallest absolute Gasteiger partial charge is 0.341 e. The Morgan fingerprint density at radius 3 is 2.41 bits per heavy atom. The normalized spacial score (nSPS) is 15.8. The van der Waals surface area contributed by atoms with Gasteiger partial charge in [-0.3, -0.25) is 14.5 Å². The number of carbonyl (C=O) groups excluding carboxylic acids is 2. The number of aromatic carboxylic acids is 1. The summed E-state index contributed by atoms with van der Waals surface area (Å²) in [4.78, 5) is 52.2. The number of aromatic nitrogens is 1. The molecule has 2 heterocycles. The average molecular weight is 539 g/mol. The molecule has 5 rings (SSSR count). The fraction of sp³-hybridized carbons (Fsp3) is 0.333. The predicted octanol–water partition coefficient (Wildman–Crippen LogP) is 2.43. The lowest BCUT2D eigenvalue weighted by Gasteiger charge is -2.36. The molecule has 0 radical (unpaired) electrons. The molecule has 0 unspecified atom stereocenters. The van der Waals surface area contributed by atoms with Gasteiger partial charge in [0.05, 0.1) is 24.9 Å². The van der Waals surface area contributed by atoms with E-state index < -0.39 is 23.2 Å². The van der Waals surface area contributed by atoms with Crippen LogP contribution < -0.4 is 15.6 Å². The van der Waals surface area contributed by atoms with E-state index in [1.807, 2.05) is 9.80 Å². The van der Waals surface area contributed by atoms with Crippen molar-refractivity contribution in [3.8, 4) is 5.75 Å². The Labute approximate surface area is 222 Å². The highest BCUT2D eigenvalue weighted by Gasteiger charge is 2.29. The second kappa shape index (κ2) is 10.4. The summed E-state index contributed by atoms with van der Waals surface area (Å²) in [5.41, 5.74) is 0.0719. The van der Waals surface area contributed by atoms with Gasteiger partial charge in [-0.15, -0.1) is 0 Å². The lowest BCUT2D eigenvalue weighted by molar-refractivity contribution is -0.117. The van der Waals surface area contributed by atoms with Crippen molar-refractivity contribution < 1.29 is 33.7 Å². The molecule has 11 nitrogen and oxygen atoms in total. The molecular weight excluding hydrogens is 511 g/mol. The van der Waals surface area contributed by atoms with E-state index in [1.54, 1.807) is 10.6 Å². The van der Waals surface area contributed by atoms with E-state index in [9.17, 15) is 29.4 Å². The quantitative estimate of drug-likeness (QED) is 0.387. The number of phenolic OH excluding ortho intramolecular Hbond substituents is 1. The van der Waals surface area contributed by atoms with Crippen LogP contribution in [0.2, 0.25) is 0 Å². The molecule has 12 heteroatoms. The molecule has 1 aromatic heterocycles. The molecule has 0 atom stereocenters. The number of anilines is 2. The van der Waals surface area contributed by atoms with Crippen LogP contribution in [-0.2, 0) is 9.53 Å². The molecule has 204 valence electrons. The number of hydrogen-bond acceptors (Lipinski definition) is 8. The van der Waals surface area contributed by atoms with Crippen LogP contribution >= 0.6 is 0 Å². The van der Waals surface area contributed by atoms with Crippen molar-refractivity contribution >= 4 is 40.1 Å². The zero-order chi connectivity index (χ0) is 27.8. The van der Waals surface area contributed by atoms with Gasteiger partial charge in [-0.1, -0.05) is 0 Å². The zero-order valence-electron chi connectivity index (χ0n) is 21.1. The Balaban J connectivity index is 1.26. The summed E-state index contributed by atoms with van der Waals surface area (Å²) in [5, 5.41) is 22.2. The number of halogens is 1. The van der Waals surface area contributed by atoms with Crippen molar-refractivity contribution in [2.75, 3.05) is 50.1 Å². The molecule has 1 aliphatic carbocycles. The number of hydrogen-bond donors (Lipinski definition) is 3. The lowest BCUT2D eigenvalue weighted by Crippen LogP contribution is -2.49. The molecule has 1 saturated heterocycles. The first-order valence-electron chi connectivity index (χ1n) is 12.5. The van der Waals surface area contributed by atoms with Gasteiger partial charge in [0.1, 0.15) is 22.7 Å². The molecule has 2 aromatic carbocycles. The molecule has 3 N–H and O–H groups in total. The Hall–Kier alpha value is -4.45. The molecule has 2 fully saturated rings. The van der Waals surface area contributed by atoms with Crippen LogP contribution in [-0.4, -0.2) is 77.4 Å². The number of carboxylic acid groups (broad SMARTS) is 1. The largest absolute Gasteiger partial charge is 0.507 e. The van der Waals surface area contributed by atoms with Gasteiger partial charge in [0.2, 0.25) is 11.3 Å². The third-order valence-electron chi connectivity index (χ3n) is 7.04. The highest BCUT2D eigenvalue weighted by atomic mass is 19.1. The van der Waals surface area contributed by atoms with Gasteiger partial charge in [0, 0.05) is 55.6 Å². The summed E-state index contributed by atoms with van der Waals surface area (Å²) < 4.78 is 21.5. The van der Waals surface area contributed by atoms with E-state index in [0.717, 1.165) is 18.9 Å². The minimum absolute atomic E-state index is 0.0102. The standard InChI is InChI=1S/C27H27FN4O7/c1-39-27(38)17-5-2-15(10-23(17)33)29-24(34)14-30-6-8-31(9-7-30)22-12-21-18(11-20(22)28)25(35)19(26(36)37)13-32(21)16-3-4-16/h2,5,10-13,16,33H,3-4,6-9,14H2,1H3,(H,29,34)(H,36,37). The van der Waals surface area contributed by atoms with E-state index in [1.165, 1.54) is 31.5 Å². The molecule has 3 aromatic rings. The van der Waals surface area contributed by atoms with Crippen molar-refractivity contribution in [2.24, 2.45) is 0 Å². The molecule has 1 saturated carbocycles. The average Bonchev–Trinajstić information content (AvgIpc) is 3.74. The van der Waals surface area contributed by atoms with Gasteiger partial charge in [-0.2, -0.15) is 0 Å². The number of esters is 1. The van der Waals surface area contributed by atoms with Crippen molar-refractivity contribution in [1.82, 2.24) is 9.47 Å². The van der Waals surface area contributed by atoms with Gasteiger partial charge < -0.3 is 29.7 Å². The maximum absolute atomic E-state index is 15.2. The van der Waals surface area contributed by atoms with Crippen LogP contribution in [0.25, 0.3) is 10.9 Å². The van der Waals surface area contributed by atoms with E-state index in [4.69, 9.17) is 0 Å². The molecular formula is C27H27FN4O7. The fourth-order valence-electron chi connectivity index (χ4n) is 4.85. The number of carbonyl (C=O) groups is 3. The monoisotopic (exact) mass is 538 g/mol. The number of pyridine rings is 1. The SMILES string of the molecule is COC(=O)c1ccc(NC(=O)CN2CCN(c3cc4c(cc3F)c(=O)c(C(=O)O)cn4C3CC3)CC2)cc1O. The van der Waals surface area contributed by atoms with Crippen LogP contribution in [0.5, 0.6) is 5.75 Å². The van der Waals surface area contributed by atoms with Crippen molar-refractivity contribution in [1.29, 1.82) is 0 Å². The molecule has 1 aliphatic heterocycles. The third kappa shape index (κ3) is 5.28. The molecule has 0 bridgehead atoms. The summed E-state index contributed by atoms with van der Waals surface area (Å²) in [6, 6.07) is 6.94. The molecule has 0 spiro atoms. The number of phenols is 1. The number of nitrogens with one attached hydrogen (secondary N) is 1. The lowest BCUT2D eigenvalue weighted by atomic mass is 10.1. The van der Waals surface area contributed by atoms with E-state index in [-0.39, 0.29) is 40.8 Å². The van der Waals surface area contributed by atoms with Crippen LogP contribution in [0.15, 0.2) is 41.3 Å². The predicted molar refractivity (Wildman–Crippen MR) is 140 cm³/mol. The van der Waals surface area contributed by atoms with Crippen LogP contribution in [0, 0.1) is 5.82 Å². The first kappa shape index (κ1) is 26.2. The topological polar surface area (TPSA) is 141 Å². The number of methoxy groups -OCH3 is 1. The zero-order valence-corrected chi connectivity index (χ0v) is 21.1. The number of fused-ring (bicyclic) bond motifs is 1. The first-order chi connectivity index (χ1) is 18.7. The molecule has 1 amide bonds. The number of ether oxygens (including phenoxy) is 1. The summed E-state index contributed by atoms with van der Waals surface area (Å²) in [6.45, 7) is 1.90. The molecule has 2 aliphatic rings. The van der Waals surface area contributed by atoms with Crippen LogP contribution in [0.4, 0.5) is 15.8 Å². The maximum Gasteiger partial charge on any atom is 0.341 e. The number of piperazine rings is 1. The third-order valence-corrected chi connectivity index (χ3v) is 7.04. The van der Waals surface area contributed by atoms with E-state index in [2.05, 4.69) is 10.1 Å². The van der Waals surface area contributed by atoms with Gasteiger partial charge in [-0.05, 0) is 37.1 Å². The van der Waals surface area contributed by atoms with Gasteiger partial charge in [0.25, 0.3) is 0 Å². The van der Waals surface area contributed by atoms with Crippen LogP contribution in [0.3, 0.4) is 0 Å². The Morgan fingerprint density at radius 2 is 1.79 bits per heavy atom. The van der Waals surface area contributed by atoms with Crippen molar-refractivity contribution in [3.05, 3.63) is 63.7 Å². The van der Waals surface area contributed by atoms with Crippen LogP contribution in [0.1, 0.15) is 39.6 Å². The first-order valence-corrected chi connectivity index (χ1v) is 12.5.